The maximum Gasteiger partial charge on any atom is 0.330 e. The van der Waals surface area contributed by atoms with E-state index in [1.807, 2.05) is 0 Å². The number of halogens is 1. The van der Waals surface area contributed by atoms with Gasteiger partial charge in [0.15, 0.2) is 4.67 Å². The predicted molar refractivity (Wildman–Crippen MR) is 52.1 cm³/mol. The molecule has 0 radical (unpaired) electrons. The highest BCUT2D eigenvalue weighted by molar-refractivity contribution is 9.10. The molecule has 0 aliphatic carbocycles. The first-order valence-corrected chi connectivity index (χ1v) is 4.44. The first-order valence-electron chi connectivity index (χ1n) is 3.65. The number of carbonyl (C=O) groups is 1. The third-order valence-corrected chi connectivity index (χ3v) is 1.92. The lowest BCUT2D eigenvalue weighted by Crippen LogP contribution is -1.95. The van der Waals surface area contributed by atoms with Crippen molar-refractivity contribution in [2.24, 2.45) is 0 Å². The molecule has 1 aromatic rings. The molecule has 0 bridgehead atoms. The summed E-state index contributed by atoms with van der Waals surface area (Å²) in [6.45, 7) is 1.78. The number of methoxy groups -OCH3 is 1. The molecule has 3 nitrogen and oxygen atoms in total. The topological polar surface area (TPSA) is 39.4 Å². The van der Waals surface area contributed by atoms with Gasteiger partial charge in [-0.05, 0) is 40.6 Å². The minimum absolute atomic E-state index is 0.384. The molecule has 0 fully saturated rings. The van der Waals surface area contributed by atoms with E-state index in [4.69, 9.17) is 4.42 Å². The molecule has 0 amide bonds. The summed E-state index contributed by atoms with van der Waals surface area (Å²) in [4.78, 5) is 10.9. The van der Waals surface area contributed by atoms with Gasteiger partial charge in [-0.25, -0.2) is 4.79 Å². The summed E-state index contributed by atoms with van der Waals surface area (Å²) in [5, 5.41) is 0. The lowest BCUT2D eigenvalue weighted by molar-refractivity contribution is -0.134. The molecule has 0 saturated carbocycles. The SMILES string of the molecule is COC(=O)/C=C(/C)c1ccc(Br)o1. The van der Waals surface area contributed by atoms with Crippen LogP contribution in [-0.4, -0.2) is 13.1 Å². The molecule has 0 saturated heterocycles. The van der Waals surface area contributed by atoms with Crippen molar-refractivity contribution in [2.75, 3.05) is 7.11 Å². The molecule has 0 aliphatic rings. The van der Waals surface area contributed by atoms with Gasteiger partial charge in [-0.3, -0.25) is 0 Å². The highest BCUT2D eigenvalue weighted by atomic mass is 79.9. The van der Waals surface area contributed by atoms with Gasteiger partial charge in [0.05, 0.1) is 7.11 Å². The molecule has 1 aromatic heterocycles. The second kappa shape index (κ2) is 4.28. The Morgan fingerprint density at radius 1 is 1.62 bits per heavy atom. The minimum Gasteiger partial charge on any atom is -0.466 e. The van der Waals surface area contributed by atoms with Gasteiger partial charge in [0.25, 0.3) is 0 Å². The first kappa shape index (κ1) is 10.1. The van der Waals surface area contributed by atoms with Crippen LogP contribution in [0.1, 0.15) is 12.7 Å². The second-order valence-corrected chi connectivity index (χ2v) is 3.24. The lowest BCUT2D eigenvalue weighted by atomic mass is 10.2. The van der Waals surface area contributed by atoms with Crippen molar-refractivity contribution in [1.82, 2.24) is 0 Å². The van der Waals surface area contributed by atoms with E-state index in [0.717, 1.165) is 5.57 Å². The van der Waals surface area contributed by atoms with Gasteiger partial charge in [0.1, 0.15) is 5.76 Å². The Bertz CT molecular complexity index is 338. The van der Waals surface area contributed by atoms with Gasteiger partial charge in [-0.15, -0.1) is 0 Å². The molecule has 0 aliphatic heterocycles. The number of rotatable bonds is 2. The van der Waals surface area contributed by atoms with E-state index in [-0.39, 0.29) is 5.97 Å². The van der Waals surface area contributed by atoms with Gasteiger partial charge in [-0.1, -0.05) is 0 Å². The van der Waals surface area contributed by atoms with E-state index in [2.05, 4.69) is 20.7 Å². The number of furan rings is 1. The summed E-state index contributed by atoms with van der Waals surface area (Å²) in [6, 6.07) is 3.54. The van der Waals surface area contributed by atoms with E-state index in [1.54, 1.807) is 19.1 Å². The van der Waals surface area contributed by atoms with Gasteiger partial charge >= 0.3 is 5.97 Å². The predicted octanol–water partition coefficient (Wildman–Crippen LogP) is 2.62. The third-order valence-electron chi connectivity index (χ3n) is 1.50. The van der Waals surface area contributed by atoms with Crippen molar-refractivity contribution in [1.29, 1.82) is 0 Å². The molecule has 70 valence electrons. The summed E-state index contributed by atoms with van der Waals surface area (Å²) >= 11 is 3.17. The molecular weight excluding hydrogens is 236 g/mol. The van der Waals surface area contributed by atoms with Crippen molar-refractivity contribution in [3.05, 3.63) is 28.6 Å². The summed E-state index contributed by atoms with van der Waals surface area (Å²) < 4.78 is 10.4. The lowest BCUT2D eigenvalue weighted by Gasteiger charge is -1.95. The molecular formula is C9H9BrO3. The molecule has 0 atom stereocenters. The number of hydrogen-bond acceptors (Lipinski definition) is 3. The largest absolute Gasteiger partial charge is 0.466 e. The average Bonchev–Trinajstić information content (AvgIpc) is 2.51. The van der Waals surface area contributed by atoms with Crippen LogP contribution >= 0.6 is 15.9 Å². The van der Waals surface area contributed by atoms with Crippen LogP contribution in [0, 0.1) is 0 Å². The zero-order valence-electron chi connectivity index (χ0n) is 7.33. The van der Waals surface area contributed by atoms with Crippen molar-refractivity contribution in [3.63, 3.8) is 0 Å². The maximum absolute atomic E-state index is 10.9. The summed E-state index contributed by atoms with van der Waals surface area (Å²) in [5.41, 5.74) is 0.734. The van der Waals surface area contributed by atoms with Crippen LogP contribution in [0.2, 0.25) is 0 Å². The highest BCUT2D eigenvalue weighted by Gasteiger charge is 2.03. The Balaban J connectivity index is 2.84. The highest BCUT2D eigenvalue weighted by Crippen LogP contribution is 2.20. The molecule has 1 heterocycles. The average molecular weight is 245 g/mol. The molecule has 13 heavy (non-hydrogen) atoms. The van der Waals surface area contributed by atoms with Crippen molar-refractivity contribution in [3.8, 4) is 0 Å². The van der Waals surface area contributed by atoms with Gasteiger partial charge in [-0.2, -0.15) is 0 Å². The Hall–Kier alpha value is -1.03. The fourth-order valence-corrected chi connectivity index (χ4v) is 1.14. The van der Waals surface area contributed by atoms with E-state index in [0.29, 0.717) is 10.4 Å². The van der Waals surface area contributed by atoms with Gasteiger partial charge in [0.2, 0.25) is 0 Å². The summed E-state index contributed by atoms with van der Waals surface area (Å²) in [5.74, 6) is 0.266. The number of carbonyl (C=O) groups excluding carboxylic acids is 1. The Labute approximate surface area is 84.5 Å². The van der Waals surface area contributed by atoms with Crippen LogP contribution in [0.5, 0.6) is 0 Å². The van der Waals surface area contributed by atoms with E-state index in [1.165, 1.54) is 13.2 Å². The van der Waals surface area contributed by atoms with Crippen LogP contribution in [-0.2, 0) is 9.53 Å². The number of hydrogen-bond donors (Lipinski definition) is 0. The fraction of sp³-hybridized carbons (Fsp3) is 0.222. The van der Waals surface area contributed by atoms with Crippen LogP contribution in [0.15, 0.2) is 27.3 Å². The molecule has 0 spiro atoms. The van der Waals surface area contributed by atoms with E-state index < -0.39 is 0 Å². The van der Waals surface area contributed by atoms with E-state index >= 15 is 0 Å². The van der Waals surface area contributed by atoms with Crippen LogP contribution in [0.25, 0.3) is 5.57 Å². The smallest absolute Gasteiger partial charge is 0.330 e. The monoisotopic (exact) mass is 244 g/mol. The second-order valence-electron chi connectivity index (χ2n) is 2.45. The van der Waals surface area contributed by atoms with Crippen molar-refractivity contribution < 1.29 is 13.9 Å². The van der Waals surface area contributed by atoms with Crippen LogP contribution < -0.4 is 0 Å². The third kappa shape index (κ3) is 2.73. The van der Waals surface area contributed by atoms with E-state index in [9.17, 15) is 4.79 Å². The number of esters is 1. The maximum atomic E-state index is 10.9. The number of allylic oxidation sites excluding steroid dienone is 1. The zero-order chi connectivity index (χ0) is 9.84. The minimum atomic E-state index is -0.384. The molecule has 0 aromatic carbocycles. The quantitative estimate of drug-likeness (QED) is 0.593. The molecule has 4 heteroatoms. The molecule has 0 N–H and O–H groups in total. The fourth-order valence-electron chi connectivity index (χ4n) is 0.833. The molecule has 0 unspecified atom stereocenters. The van der Waals surface area contributed by atoms with Gasteiger partial charge < -0.3 is 9.15 Å². The first-order chi connectivity index (χ1) is 6.13. The number of ether oxygens (including phenoxy) is 1. The van der Waals surface area contributed by atoms with Crippen molar-refractivity contribution in [2.45, 2.75) is 6.92 Å². The normalized spacial score (nSPS) is 11.5. The van der Waals surface area contributed by atoms with Crippen molar-refractivity contribution >= 4 is 27.5 Å². The van der Waals surface area contributed by atoms with Crippen LogP contribution in [0.4, 0.5) is 0 Å². The summed E-state index contributed by atoms with van der Waals surface area (Å²) in [7, 11) is 1.34. The van der Waals surface area contributed by atoms with Crippen LogP contribution in [0.3, 0.4) is 0 Å². The summed E-state index contributed by atoms with van der Waals surface area (Å²) in [6.07, 6.45) is 1.38. The Kier molecular flexibility index (Phi) is 3.31. The Morgan fingerprint density at radius 2 is 2.31 bits per heavy atom. The standard InChI is InChI=1S/C9H9BrO3/c1-6(5-9(11)12-2)7-3-4-8(10)13-7/h3-5H,1-2H3/b6-5-. The Morgan fingerprint density at radius 3 is 2.77 bits per heavy atom. The molecule has 1 rings (SSSR count). The van der Waals surface area contributed by atoms with Gasteiger partial charge in [0, 0.05) is 6.08 Å². The zero-order valence-corrected chi connectivity index (χ0v) is 8.92.